The maximum absolute atomic E-state index is 11.9. The molecule has 1 aromatic heterocycles. The maximum atomic E-state index is 11.9. The van der Waals surface area contributed by atoms with E-state index in [1.165, 1.54) is 6.08 Å². The summed E-state index contributed by atoms with van der Waals surface area (Å²) in [5.41, 5.74) is 0. The second kappa shape index (κ2) is 7.94. The topological polar surface area (TPSA) is 144 Å². The zero-order valence-electron chi connectivity index (χ0n) is 13.1. The third kappa shape index (κ3) is 5.72. The Morgan fingerprint density at radius 2 is 2.04 bits per heavy atom. The lowest BCUT2D eigenvalue weighted by molar-refractivity contribution is -0.123. The smallest absolute Gasteiger partial charge is 0.374 e. The number of urea groups is 1. The Bertz CT molecular complexity index is 780. The van der Waals surface area contributed by atoms with Crippen LogP contribution >= 0.6 is 0 Å². The van der Waals surface area contributed by atoms with Crippen LogP contribution in [0.15, 0.2) is 34.3 Å². The molecule has 0 spiro atoms. The van der Waals surface area contributed by atoms with E-state index in [0.29, 0.717) is 0 Å². The summed E-state index contributed by atoms with van der Waals surface area (Å²) in [5, 5.41) is 3.81. The fraction of sp³-hybridized carbons (Fsp3) is 0.357. The number of hydrogen-bond acceptors (Lipinski definition) is 7. The third-order valence-corrected chi connectivity index (χ3v) is 4.33. The molecule has 10 nitrogen and oxygen atoms in total. The molecule has 3 N–H and O–H groups in total. The zero-order chi connectivity index (χ0) is 18.4. The van der Waals surface area contributed by atoms with Gasteiger partial charge in [-0.1, -0.05) is 6.08 Å². The molecule has 0 aliphatic heterocycles. The number of esters is 1. The summed E-state index contributed by atoms with van der Waals surface area (Å²) < 4.78 is 35.9. The minimum atomic E-state index is -3.83. The summed E-state index contributed by atoms with van der Waals surface area (Å²) in [6.45, 7) is 2.82. The third-order valence-electron chi connectivity index (χ3n) is 2.94. The molecule has 2 rings (SSSR count). The standard InChI is InChI=1S/C14H17N3O7S/c1-2-7-15-14(20)16-11(18)8-23-13(19)10-5-6-12(24-10)25(21,22)17-9-3-4-9/h2,5-6,9,17H,1,3-4,7-8H2,(H2,15,16,18,20). The first-order valence-electron chi connectivity index (χ1n) is 7.29. The first-order valence-corrected chi connectivity index (χ1v) is 8.78. The number of hydrogen-bond donors (Lipinski definition) is 3. The molecule has 25 heavy (non-hydrogen) atoms. The second-order valence-corrected chi connectivity index (χ2v) is 6.78. The lowest BCUT2D eigenvalue weighted by atomic mass is 10.4. The Morgan fingerprint density at radius 3 is 2.68 bits per heavy atom. The van der Waals surface area contributed by atoms with Gasteiger partial charge in [-0.3, -0.25) is 10.1 Å². The van der Waals surface area contributed by atoms with Crippen LogP contribution < -0.4 is 15.4 Å². The Hall–Kier alpha value is -2.66. The summed E-state index contributed by atoms with van der Waals surface area (Å²) in [6, 6.07) is 1.36. The van der Waals surface area contributed by atoms with Crippen LogP contribution in [-0.2, 0) is 19.6 Å². The SMILES string of the molecule is C=CCNC(=O)NC(=O)COC(=O)c1ccc(S(=O)(=O)NC2CC2)o1. The van der Waals surface area contributed by atoms with Crippen molar-refractivity contribution in [2.24, 2.45) is 0 Å². The minimum absolute atomic E-state index is 0.110. The number of carbonyl (C=O) groups is 3. The van der Waals surface area contributed by atoms with Crippen LogP contribution in [0.2, 0.25) is 0 Å². The van der Waals surface area contributed by atoms with Gasteiger partial charge in [0.25, 0.3) is 15.9 Å². The Balaban J connectivity index is 1.84. The average molecular weight is 371 g/mol. The lowest BCUT2D eigenvalue weighted by Crippen LogP contribution is -2.41. The molecule has 1 heterocycles. The average Bonchev–Trinajstić information content (AvgIpc) is 3.20. The molecular weight excluding hydrogens is 354 g/mol. The van der Waals surface area contributed by atoms with E-state index in [1.54, 1.807) is 0 Å². The fourth-order valence-electron chi connectivity index (χ4n) is 1.63. The van der Waals surface area contributed by atoms with E-state index in [2.05, 4.69) is 21.4 Å². The van der Waals surface area contributed by atoms with E-state index >= 15 is 0 Å². The van der Waals surface area contributed by atoms with Crippen molar-refractivity contribution in [2.45, 2.75) is 24.0 Å². The van der Waals surface area contributed by atoms with Gasteiger partial charge in [0.05, 0.1) is 0 Å². The highest BCUT2D eigenvalue weighted by Gasteiger charge is 2.30. The number of nitrogens with one attached hydrogen (secondary N) is 3. The van der Waals surface area contributed by atoms with E-state index in [4.69, 9.17) is 4.42 Å². The number of sulfonamides is 1. The summed E-state index contributed by atoms with van der Waals surface area (Å²) in [4.78, 5) is 34.4. The Labute approximate surface area is 143 Å². The van der Waals surface area contributed by atoms with Gasteiger partial charge in [-0.25, -0.2) is 22.7 Å². The van der Waals surface area contributed by atoms with Crippen molar-refractivity contribution in [2.75, 3.05) is 13.2 Å². The van der Waals surface area contributed by atoms with E-state index in [-0.39, 0.29) is 18.3 Å². The number of amides is 3. The number of furan rings is 1. The van der Waals surface area contributed by atoms with Gasteiger partial charge in [0.2, 0.25) is 10.9 Å². The van der Waals surface area contributed by atoms with Crippen LogP contribution in [-0.4, -0.2) is 45.5 Å². The molecule has 3 amide bonds. The number of imide groups is 1. The van der Waals surface area contributed by atoms with Crippen LogP contribution in [0, 0.1) is 0 Å². The zero-order valence-corrected chi connectivity index (χ0v) is 13.9. The molecule has 0 radical (unpaired) electrons. The highest BCUT2D eigenvalue weighted by atomic mass is 32.2. The molecule has 0 bridgehead atoms. The molecule has 0 unspecified atom stereocenters. The molecule has 1 aliphatic carbocycles. The second-order valence-electron chi connectivity index (χ2n) is 5.14. The quantitative estimate of drug-likeness (QED) is 0.427. The molecule has 1 saturated carbocycles. The van der Waals surface area contributed by atoms with Gasteiger partial charge in [-0.05, 0) is 25.0 Å². The van der Waals surface area contributed by atoms with Crippen molar-refractivity contribution in [1.82, 2.24) is 15.4 Å². The monoisotopic (exact) mass is 371 g/mol. The molecule has 1 fully saturated rings. The van der Waals surface area contributed by atoms with E-state index in [9.17, 15) is 22.8 Å². The molecule has 0 aromatic carbocycles. The highest BCUT2D eigenvalue weighted by Crippen LogP contribution is 2.23. The first-order chi connectivity index (χ1) is 11.8. The van der Waals surface area contributed by atoms with Crippen molar-refractivity contribution < 1.29 is 32.0 Å². The molecule has 0 saturated heterocycles. The van der Waals surface area contributed by atoms with Gasteiger partial charge < -0.3 is 14.5 Å². The molecule has 11 heteroatoms. The molecule has 0 atom stereocenters. The van der Waals surface area contributed by atoms with E-state index < -0.39 is 39.6 Å². The van der Waals surface area contributed by atoms with Crippen molar-refractivity contribution in [1.29, 1.82) is 0 Å². The van der Waals surface area contributed by atoms with Crippen molar-refractivity contribution in [3.63, 3.8) is 0 Å². The Morgan fingerprint density at radius 1 is 1.32 bits per heavy atom. The van der Waals surface area contributed by atoms with Gasteiger partial charge in [-0.2, -0.15) is 0 Å². The van der Waals surface area contributed by atoms with Gasteiger partial charge in [0.1, 0.15) is 0 Å². The normalized spacial score (nSPS) is 13.8. The predicted molar refractivity (Wildman–Crippen MR) is 84.1 cm³/mol. The number of ether oxygens (including phenoxy) is 1. The molecule has 1 aliphatic rings. The maximum Gasteiger partial charge on any atom is 0.374 e. The fourth-order valence-corrected chi connectivity index (χ4v) is 2.86. The molecule has 136 valence electrons. The van der Waals surface area contributed by atoms with Crippen LogP contribution in [0.25, 0.3) is 0 Å². The highest BCUT2D eigenvalue weighted by molar-refractivity contribution is 7.89. The summed E-state index contributed by atoms with van der Waals surface area (Å²) in [7, 11) is -3.83. The number of carbonyl (C=O) groups excluding carboxylic acids is 3. The first kappa shape index (κ1) is 18.7. The largest absolute Gasteiger partial charge is 0.450 e. The van der Waals surface area contributed by atoms with Crippen molar-refractivity contribution in [3.05, 3.63) is 30.5 Å². The summed E-state index contributed by atoms with van der Waals surface area (Å²) in [6.07, 6.45) is 2.93. The summed E-state index contributed by atoms with van der Waals surface area (Å²) in [5.74, 6) is -2.26. The summed E-state index contributed by atoms with van der Waals surface area (Å²) >= 11 is 0. The predicted octanol–water partition coefficient (Wildman–Crippen LogP) is -0.111. The van der Waals surface area contributed by atoms with Crippen LogP contribution in [0.5, 0.6) is 0 Å². The minimum Gasteiger partial charge on any atom is -0.450 e. The van der Waals surface area contributed by atoms with Crippen LogP contribution in [0.3, 0.4) is 0 Å². The van der Waals surface area contributed by atoms with Crippen molar-refractivity contribution in [3.8, 4) is 0 Å². The van der Waals surface area contributed by atoms with Gasteiger partial charge >= 0.3 is 12.0 Å². The molecular formula is C14H17N3O7S. The van der Waals surface area contributed by atoms with E-state index in [0.717, 1.165) is 25.0 Å². The lowest BCUT2D eigenvalue weighted by Gasteiger charge is -2.05. The Kier molecular flexibility index (Phi) is 5.93. The van der Waals surface area contributed by atoms with Gasteiger partial charge in [-0.15, -0.1) is 6.58 Å². The van der Waals surface area contributed by atoms with Crippen LogP contribution in [0.4, 0.5) is 4.79 Å². The van der Waals surface area contributed by atoms with Gasteiger partial charge in [0.15, 0.2) is 6.61 Å². The molecule has 1 aromatic rings. The number of rotatable bonds is 8. The van der Waals surface area contributed by atoms with E-state index in [1.807, 2.05) is 5.32 Å². The van der Waals surface area contributed by atoms with Gasteiger partial charge in [0, 0.05) is 12.6 Å². The van der Waals surface area contributed by atoms with Crippen molar-refractivity contribution >= 4 is 27.9 Å². The van der Waals surface area contributed by atoms with Crippen LogP contribution in [0.1, 0.15) is 23.4 Å².